The summed E-state index contributed by atoms with van der Waals surface area (Å²) < 4.78 is 14.0. The Bertz CT molecular complexity index is 2750. The van der Waals surface area contributed by atoms with Gasteiger partial charge < -0.3 is 34.3 Å². The van der Waals surface area contributed by atoms with Crippen LogP contribution in [0.3, 0.4) is 0 Å². The van der Waals surface area contributed by atoms with E-state index in [0.717, 1.165) is 45.3 Å². The number of phenolic OH excluding ortho intramolecular Hbond substituents is 1. The van der Waals surface area contributed by atoms with Crippen molar-refractivity contribution in [2.75, 3.05) is 53.6 Å². The first-order valence-corrected chi connectivity index (χ1v) is 25.0. The van der Waals surface area contributed by atoms with Crippen molar-refractivity contribution < 1.29 is 43.3 Å². The minimum Gasteiger partial charge on any atom is -0.508 e. The molecule has 71 heavy (non-hydrogen) atoms. The predicted molar refractivity (Wildman–Crippen MR) is 270 cm³/mol. The van der Waals surface area contributed by atoms with E-state index in [4.69, 9.17) is 9.47 Å². The molecular weight excluding hydrogens is 903 g/mol. The van der Waals surface area contributed by atoms with Crippen molar-refractivity contribution in [2.24, 2.45) is 16.7 Å². The number of likely N-dealkylation sites (tertiary alicyclic amines) is 2. The third-order valence-corrected chi connectivity index (χ3v) is 14.9. The summed E-state index contributed by atoms with van der Waals surface area (Å²) in [4.78, 5) is 88.1. The number of aryl methyl sites for hydroxylation is 1. The molecule has 3 aromatic carbocycles. The summed E-state index contributed by atoms with van der Waals surface area (Å²) in [5.41, 5.74) is 9.27. The number of carbonyl (C=O) groups excluding carboxylic acids is 6. The van der Waals surface area contributed by atoms with E-state index in [2.05, 4.69) is 73.0 Å². The lowest BCUT2D eigenvalue weighted by atomic mass is 9.83. The van der Waals surface area contributed by atoms with Crippen molar-refractivity contribution in [3.8, 4) is 28.1 Å². The van der Waals surface area contributed by atoms with Gasteiger partial charge in [-0.1, -0.05) is 70.7 Å². The van der Waals surface area contributed by atoms with Crippen LogP contribution in [0.5, 0.6) is 5.75 Å². The zero-order chi connectivity index (χ0) is 50.9. The fraction of sp³-hybridized carbons (Fsp3) is 0.491. The van der Waals surface area contributed by atoms with Crippen LogP contribution >= 0.6 is 0 Å². The Kier molecular flexibility index (Phi) is 14.8. The number of amides is 6. The van der Waals surface area contributed by atoms with Crippen LogP contribution in [0.4, 0.5) is 4.79 Å². The molecule has 0 radical (unpaired) electrons. The van der Waals surface area contributed by atoms with Gasteiger partial charge in [0.05, 0.1) is 24.3 Å². The van der Waals surface area contributed by atoms with Gasteiger partial charge in [0, 0.05) is 75.2 Å². The molecule has 16 nitrogen and oxygen atoms in total. The lowest BCUT2D eigenvalue weighted by Gasteiger charge is -2.37. The van der Waals surface area contributed by atoms with E-state index in [-0.39, 0.29) is 50.2 Å². The van der Waals surface area contributed by atoms with Crippen LogP contribution in [0.15, 0.2) is 73.3 Å². The molecule has 4 aromatic rings. The number of urea groups is 1. The molecule has 16 heteroatoms. The topological polar surface area (TPSA) is 183 Å². The van der Waals surface area contributed by atoms with E-state index in [1.807, 2.05) is 18.2 Å². The van der Waals surface area contributed by atoms with Crippen molar-refractivity contribution in [3.63, 3.8) is 0 Å². The second-order valence-corrected chi connectivity index (χ2v) is 20.9. The molecule has 8 rings (SSSR count). The lowest BCUT2D eigenvalue weighted by Crippen LogP contribution is -2.62. The summed E-state index contributed by atoms with van der Waals surface area (Å²) in [6.45, 7) is 15.8. The second kappa shape index (κ2) is 20.7. The highest BCUT2D eigenvalue weighted by Gasteiger charge is 2.54. The Morgan fingerprint density at radius 3 is 2.52 bits per heavy atom. The molecule has 1 aromatic heterocycles. The number of ether oxygens (including phenoxy) is 2. The first-order valence-electron chi connectivity index (χ1n) is 25.0. The summed E-state index contributed by atoms with van der Waals surface area (Å²) in [5, 5.41) is 16.7. The van der Waals surface area contributed by atoms with E-state index >= 15 is 0 Å². The van der Waals surface area contributed by atoms with Gasteiger partial charge in [0.15, 0.2) is 0 Å². The maximum absolute atomic E-state index is 14.8. The SMILES string of the molecule is C=CC(=O)N1CC[C@]2(CCN(C(=O)N(C)C(C(=O)N[C@@H]3Cc4cc(O)cc(c4)-c4ccc5c(c4)c(c(-c4ccccc4CCOC)n5CC)CC(C)(C)COC(=O)[C@@H]4CCCN(N4)C3=O)C(C)C)C2=O)C1. The zero-order valence-electron chi connectivity index (χ0n) is 42.2. The molecule has 3 saturated heterocycles. The molecule has 4 aliphatic heterocycles. The number of carbonyl (C=O) groups is 6. The summed E-state index contributed by atoms with van der Waals surface area (Å²) in [5.74, 6) is -2.76. The zero-order valence-corrected chi connectivity index (χ0v) is 42.2. The maximum Gasteiger partial charge on any atom is 0.327 e. The summed E-state index contributed by atoms with van der Waals surface area (Å²) in [7, 11) is 3.18. The molecule has 4 atom stereocenters. The minimum atomic E-state index is -1.22. The number of hydrogen-bond acceptors (Lipinski definition) is 10. The van der Waals surface area contributed by atoms with Gasteiger partial charge in [0.25, 0.3) is 5.91 Å². The molecule has 3 fully saturated rings. The predicted octanol–water partition coefficient (Wildman–Crippen LogP) is 6.25. The number of benzene rings is 3. The fourth-order valence-corrected chi connectivity index (χ4v) is 11.3. The Morgan fingerprint density at radius 2 is 1.79 bits per heavy atom. The molecule has 0 aliphatic carbocycles. The Labute approximate surface area is 416 Å². The van der Waals surface area contributed by atoms with Crippen molar-refractivity contribution in [2.45, 2.75) is 104 Å². The van der Waals surface area contributed by atoms with Gasteiger partial charge in [-0.15, -0.1) is 0 Å². The van der Waals surface area contributed by atoms with E-state index in [9.17, 15) is 33.9 Å². The number of hydrogen-bond donors (Lipinski definition) is 3. The second-order valence-electron chi connectivity index (χ2n) is 20.9. The quantitative estimate of drug-likeness (QED) is 0.121. The molecule has 5 heterocycles. The van der Waals surface area contributed by atoms with Crippen LogP contribution in [0.2, 0.25) is 0 Å². The van der Waals surface area contributed by atoms with Crippen LogP contribution in [0.1, 0.15) is 77.0 Å². The number of cyclic esters (lactones) is 1. The average Bonchev–Trinajstić information content (AvgIpc) is 4.03. The van der Waals surface area contributed by atoms with Crippen molar-refractivity contribution in [1.29, 1.82) is 0 Å². The Morgan fingerprint density at radius 1 is 1.03 bits per heavy atom. The number of aromatic nitrogens is 1. The molecule has 3 N–H and O–H groups in total. The number of fused-ring (bicyclic) bond motifs is 6. The van der Waals surface area contributed by atoms with E-state index in [1.165, 1.54) is 27.9 Å². The normalized spacial score (nSPS) is 21.9. The Balaban J connectivity index is 1.16. The summed E-state index contributed by atoms with van der Waals surface area (Å²) in [6, 6.07) is 16.0. The number of nitrogens with zero attached hydrogens (tertiary/aromatic N) is 5. The molecule has 378 valence electrons. The molecule has 6 bridgehead atoms. The third kappa shape index (κ3) is 10.2. The molecule has 1 spiro atoms. The van der Waals surface area contributed by atoms with Crippen LogP contribution < -0.4 is 10.7 Å². The fourth-order valence-electron chi connectivity index (χ4n) is 11.3. The number of imide groups is 1. The van der Waals surface area contributed by atoms with E-state index in [0.29, 0.717) is 62.9 Å². The number of aromatic hydroxyl groups is 1. The summed E-state index contributed by atoms with van der Waals surface area (Å²) in [6.07, 6.45) is 4.17. The lowest BCUT2D eigenvalue weighted by molar-refractivity contribution is -0.155. The smallest absolute Gasteiger partial charge is 0.327 e. The van der Waals surface area contributed by atoms with Crippen LogP contribution in [0, 0.1) is 16.7 Å². The van der Waals surface area contributed by atoms with E-state index in [1.54, 1.807) is 38.0 Å². The molecule has 1 unspecified atom stereocenters. The molecular formula is C55H69N7O9. The van der Waals surface area contributed by atoms with E-state index < -0.39 is 58.7 Å². The van der Waals surface area contributed by atoms with Gasteiger partial charge in [-0.3, -0.25) is 33.9 Å². The van der Waals surface area contributed by atoms with Crippen molar-refractivity contribution in [1.82, 2.24) is 35.0 Å². The maximum atomic E-state index is 14.8. The minimum absolute atomic E-state index is 0.0265. The first kappa shape index (κ1) is 50.9. The molecule has 4 aliphatic rings. The van der Waals surface area contributed by atoms with Gasteiger partial charge in [-0.25, -0.2) is 10.2 Å². The van der Waals surface area contributed by atoms with Crippen molar-refractivity contribution >= 4 is 46.5 Å². The van der Waals surface area contributed by atoms with Gasteiger partial charge >= 0.3 is 12.0 Å². The monoisotopic (exact) mass is 972 g/mol. The number of rotatable bonds is 10. The Hall–Kier alpha value is -6.52. The standard InChI is InChI=1S/C55H69N7O9/c1-9-46(64)59-23-20-55(32-59)21-24-61(52(55)68)53(69)58(7)47(34(3)4)49(65)56-44-28-35-26-38(29-39(63)27-35)37-17-18-45-41(30-37)42(48(60(45)10-2)40-15-12-11-14-36(40)19-25-70-8)31-54(5,6)33-71-51(67)43-16-13-22-62(57-43)50(44)66/h9,11-12,14-15,17-18,26-27,29-30,34,43-44,47,57,63H,1,10,13,16,19-25,28,31-33H2,2-8H3,(H,56,65)/t43-,44+,47?,55-/m0/s1. The highest BCUT2D eigenvalue weighted by Crippen LogP contribution is 2.43. The summed E-state index contributed by atoms with van der Waals surface area (Å²) >= 11 is 0. The van der Waals surface area contributed by atoms with Crippen LogP contribution in [-0.2, 0) is 59.3 Å². The van der Waals surface area contributed by atoms with Crippen LogP contribution in [-0.4, -0.2) is 137 Å². The van der Waals surface area contributed by atoms with Gasteiger partial charge in [-0.2, -0.15) is 0 Å². The number of phenols is 1. The molecule has 6 amide bonds. The largest absolute Gasteiger partial charge is 0.508 e. The van der Waals surface area contributed by atoms with Gasteiger partial charge in [0.2, 0.25) is 17.7 Å². The number of methoxy groups -OCH3 is 1. The van der Waals surface area contributed by atoms with Gasteiger partial charge in [0.1, 0.15) is 23.9 Å². The number of likely N-dealkylation sites (N-methyl/N-ethyl adjacent to an activating group) is 1. The van der Waals surface area contributed by atoms with Crippen LogP contribution in [0.25, 0.3) is 33.3 Å². The first-order chi connectivity index (χ1) is 33.9. The van der Waals surface area contributed by atoms with Crippen molar-refractivity contribution in [3.05, 3.63) is 90.0 Å². The average molecular weight is 972 g/mol. The number of esters is 1. The number of hydrazine groups is 1. The highest BCUT2D eigenvalue weighted by molar-refractivity contribution is 6.02. The third-order valence-electron chi connectivity index (χ3n) is 14.9. The number of nitrogens with one attached hydrogen (secondary N) is 2. The highest BCUT2D eigenvalue weighted by atomic mass is 16.5. The molecule has 0 saturated carbocycles. The van der Waals surface area contributed by atoms with Gasteiger partial charge in [-0.05, 0) is 110 Å².